The van der Waals surface area contributed by atoms with Crippen LogP contribution in [0.3, 0.4) is 0 Å². The van der Waals surface area contributed by atoms with Crippen LogP contribution in [-0.4, -0.2) is 20.2 Å². The SMILES string of the molecule is CCNC1c2cc(F)cc(F)c2S(=O)(=O)C1C. The van der Waals surface area contributed by atoms with Gasteiger partial charge in [0.2, 0.25) is 0 Å². The highest BCUT2D eigenvalue weighted by Gasteiger charge is 2.44. The molecular weight excluding hydrogens is 248 g/mol. The average Bonchev–Trinajstić information content (AvgIpc) is 2.39. The summed E-state index contributed by atoms with van der Waals surface area (Å²) in [5.41, 5.74) is 0.192. The van der Waals surface area contributed by atoms with E-state index in [1.807, 2.05) is 6.92 Å². The van der Waals surface area contributed by atoms with Gasteiger partial charge in [0.15, 0.2) is 9.84 Å². The van der Waals surface area contributed by atoms with Crippen LogP contribution in [0.1, 0.15) is 25.5 Å². The summed E-state index contributed by atoms with van der Waals surface area (Å²) in [6, 6.07) is 1.15. The molecule has 2 unspecified atom stereocenters. The molecule has 0 aromatic heterocycles. The van der Waals surface area contributed by atoms with Crippen molar-refractivity contribution < 1.29 is 17.2 Å². The van der Waals surface area contributed by atoms with Crippen LogP contribution < -0.4 is 5.32 Å². The minimum atomic E-state index is -3.71. The molecule has 0 saturated heterocycles. The molecule has 94 valence electrons. The van der Waals surface area contributed by atoms with Crippen molar-refractivity contribution in [3.8, 4) is 0 Å². The van der Waals surface area contributed by atoms with Crippen LogP contribution in [0, 0.1) is 11.6 Å². The maximum absolute atomic E-state index is 13.6. The Bertz CT molecular complexity index is 557. The molecule has 2 atom stereocenters. The zero-order chi connectivity index (χ0) is 12.8. The second-order valence-corrected chi connectivity index (χ2v) is 6.33. The maximum atomic E-state index is 13.6. The number of fused-ring (bicyclic) bond motifs is 1. The topological polar surface area (TPSA) is 46.2 Å². The van der Waals surface area contributed by atoms with Crippen molar-refractivity contribution >= 4 is 9.84 Å². The quantitative estimate of drug-likeness (QED) is 0.826. The minimum absolute atomic E-state index is 0.192. The molecule has 0 radical (unpaired) electrons. The third kappa shape index (κ3) is 1.75. The van der Waals surface area contributed by atoms with Gasteiger partial charge in [-0.3, -0.25) is 0 Å². The molecule has 1 N–H and O–H groups in total. The summed E-state index contributed by atoms with van der Waals surface area (Å²) in [4.78, 5) is -0.364. The van der Waals surface area contributed by atoms with E-state index in [2.05, 4.69) is 5.32 Å². The lowest BCUT2D eigenvalue weighted by Gasteiger charge is -2.15. The van der Waals surface area contributed by atoms with Crippen molar-refractivity contribution in [3.63, 3.8) is 0 Å². The molecule has 1 aromatic rings. The molecule has 17 heavy (non-hydrogen) atoms. The van der Waals surface area contributed by atoms with Crippen LogP contribution in [0.15, 0.2) is 17.0 Å². The Balaban J connectivity index is 2.70. The zero-order valence-electron chi connectivity index (χ0n) is 9.50. The van der Waals surface area contributed by atoms with Crippen molar-refractivity contribution in [2.24, 2.45) is 0 Å². The fourth-order valence-corrected chi connectivity index (χ4v) is 4.04. The molecule has 0 amide bonds. The second-order valence-electron chi connectivity index (χ2n) is 4.09. The number of hydrogen-bond donors (Lipinski definition) is 1. The molecule has 0 bridgehead atoms. The molecule has 1 heterocycles. The van der Waals surface area contributed by atoms with Crippen molar-refractivity contribution in [2.45, 2.75) is 30.0 Å². The minimum Gasteiger partial charge on any atom is -0.309 e. The summed E-state index contributed by atoms with van der Waals surface area (Å²) in [5.74, 6) is -1.76. The monoisotopic (exact) mass is 261 g/mol. The summed E-state index contributed by atoms with van der Waals surface area (Å²) < 4.78 is 50.7. The Morgan fingerprint density at radius 3 is 2.59 bits per heavy atom. The van der Waals surface area contributed by atoms with Gasteiger partial charge in [-0.2, -0.15) is 0 Å². The number of nitrogens with one attached hydrogen (secondary N) is 1. The van der Waals surface area contributed by atoms with Crippen LogP contribution in [-0.2, 0) is 9.84 Å². The van der Waals surface area contributed by atoms with E-state index in [0.29, 0.717) is 12.6 Å². The largest absolute Gasteiger partial charge is 0.309 e. The number of benzene rings is 1. The Labute approximate surface area is 98.8 Å². The van der Waals surface area contributed by atoms with Gasteiger partial charge in [0.1, 0.15) is 16.5 Å². The lowest BCUT2D eigenvalue weighted by atomic mass is 10.0. The molecule has 2 rings (SSSR count). The average molecular weight is 261 g/mol. The molecule has 0 aliphatic carbocycles. The van der Waals surface area contributed by atoms with Gasteiger partial charge in [-0.05, 0) is 25.1 Å². The first-order chi connectivity index (χ1) is 7.89. The Morgan fingerprint density at radius 2 is 2.00 bits per heavy atom. The van der Waals surface area contributed by atoms with Gasteiger partial charge in [0, 0.05) is 6.07 Å². The van der Waals surface area contributed by atoms with Gasteiger partial charge in [-0.15, -0.1) is 0 Å². The van der Waals surface area contributed by atoms with Gasteiger partial charge in [-0.1, -0.05) is 6.92 Å². The highest BCUT2D eigenvalue weighted by molar-refractivity contribution is 7.92. The lowest BCUT2D eigenvalue weighted by molar-refractivity contribution is 0.520. The molecule has 0 spiro atoms. The Hall–Kier alpha value is -1.01. The third-order valence-corrected chi connectivity index (χ3v) is 5.29. The van der Waals surface area contributed by atoms with Crippen LogP contribution in [0.4, 0.5) is 8.78 Å². The second kappa shape index (κ2) is 4.03. The molecule has 1 aliphatic rings. The summed E-state index contributed by atoms with van der Waals surface area (Å²) in [5, 5.41) is 2.16. The molecule has 1 aliphatic heterocycles. The van der Waals surface area contributed by atoms with Crippen LogP contribution in [0.25, 0.3) is 0 Å². The Morgan fingerprint density at radius 1 is 1.35 bits per heavy atom. The van der Waals surface area contributed by atoms with Gasteiger partial charge in [0.05, 0.1) is 11.3 Å². The van der Waals surface area contributed by atoms with Gasteiger partial charge < -0.3 is 5.32 Å². The summed E-state index contributed by atoms with van der Waals surface area (Å²) in [6.45, 7) is 3.84. The van der Waals surface area contributed by atoms with Crippen molar-refractivity contribution in [1.29, 1.82) is 0 Å². The molecule has 1 aromatic carbocycles. The third-order valence-electron chi connectivity index (χ3n) is 3.04. The number of hydrogen-bond acceptors (Lipinski definition) is 3. The highest BCUT2D eigenvalue weighted by Crippen LogP contribution is 2.40. The van der Waals surface area contributed by atoms with E-state index in [4.69, 9.17) is 0 Å². The summed E-state index contributed by atoms with van der Waals surface area (Å²) in [6.07, 6.45) is 0. The highest BCUT2D eigenvalue weighted by atomic mass is 32.2. The van der Waals surface area contributed by atoms with Crippen molar-refractivity contribution in [2.75, 3.05) is 6.54 Å². The van der Waals surface area contributed by atoms with E-state index in [-0.39, 0.29) is 10.5 Å². The normalized spacial score (nSPS) is 25.9. The predicted molar refractivity (Wildman–Crippen MR) is 59.4 cm³/mol. The first kappa shape index (κ1) is 12.4. The van der Waals surface area contributed by atoms with Gasteiger partial charge in [-0.25, -0.2) is 17.2 Å². The number of sulfone groups is 1. The van der Waals surface area contributed by atoms with E-state index < -0.39 is 32.8 Å². The van der Waals surface area contributed by atoms with Gasteiger partial charge in [0.25, 0.3) is 0 Å². The Kier molecular flexibility index (Phi) is 2.95. The van der Waals surface area contributed by atoms with Crippen LogP contribution in [0.5, 0.6) is 0 Å². The summed E-state index contributed by atoms with van der Waals surface area (Å²) >= 11 is 0. The molecule has 0 saturated carbocycles. The van der Waals surface area contributed by atoms with E-state index in [1.165, 1.54) is 6.92 Å². The standard InChI is InChI=1S/C11H13F2NO2S/c1-3-14-10-6(2)17(15,16)11-8(10)4-7(12)5-9(11)13/h4-6,10,14H,3H2,1-2H3. The first-order valence-electron chi connectivity index (χ1n) is 5.35. The zero-order valence-corrected chi connectivity index (χ0v) is 10.3. The van der Waals surface area contributed by atoms with E-state index in [0.717, 1.165) is 6.07 Å². The maximum Gasteiger partial charge on any atom is 0.186 e. The van der Waals surface area contributed by atoms with Gasteiger partial charge >= 0.3 is 0 Å². The number of rotatable bonds is 2. The summed E-state index contributed by atoms with van der Waals surface area (Å²) in [7, 11) is -3.71. The van der Waals surface area contributed by atoms with E-state index in [9.17, 15) is 17.2 Å². The van der Waals surface area contributed by atoms with Crippen molar-refractivity contribution in [1.82, 2.24) is 5.32 Å². The lowest BCUT2D eigenvalue weighted by Crippen LogP contribution is -2.29. The van der Waals surface area contributed by atoms with Crippen molar-refractivity contribution in [3.05, 3.63) is 29.3 Å². The van der Waals surface area contributed by atoms with Crippen LogP contribution in [0.2, 0.25) is 0 Å². The molecular formula is C11H13F2NO2S. The number of halogens is 2. The molecule has 0 fully saturated rings. The van der Waals surface area contributed by atoms with E-state index >= 15 is 0 Å². The first-order valence-corrected chi connectivity index (χ1v) is 6.90. The fraction of sp³-hybridized carbons (Fsp3) is 0.455. The smallest absolute Gasteiger partial charge is 0.186 e. The molecule has 6 heteroatoms. The predicted octanol–water partition coefficient (Wildman–Crippen LogP) is 1.79. The fourth-order valence-electron chi connectivity index (χ4n) is 2.23. The molecule has 3 nitrogen and oxygen atoms in total. The van der Waals surface area contributed by atoms with Crippen LogP contribution >= 0.6 is 0 Å². The van der Waals surface area contributed by atoms with E-state index in [1.54, 1.807) is 0 Å².